The molecule has 7 N–H and O–H groups in total. The SMILES string of the molecule is CC#CC#CC#CC#CC#CC#CC#CC.Cl.NCCO.O.O=C1CCN(S(=O)(=O)c2ccccc2)CC1.O=C1CCNCC1.O=S(=O)(Cl)c1ccccc1.O=S(=O)(Cl)c1ccccc1.O=S(=O)(c1ccccc1)N1CCC2(CC1)NCCO2.O=S(=O)(c1ccccc1)N1CCOC12CCN(Cc1ccccc1)CC2. The van der Waals surface area contributed by atoms with Crippen molar-refractivity contribution >= 4 is 93.5 Å². The first-order valence-electron chi connectivity index (χ1n) is 34.1. The number of carbonyl (C=O) groups is 2. The molecule has 0 bridgehead atoms. The normalized spacial score (nSPS) is 16.2. The van der Waals surface area contributed by atoms with Gasteiger partial charge < -0.3 is 31.1 Å². The number of halogens is 3. The zero-order valence-corrected chi connectivity index (χ0v) is 67.2. The fraction of sp³-hybridized carbons (Fsp3) is 0.342. The van der Waals surface area contributed by atoms with Gasteiger partial charge in [0.05, 0.1) is 44.3 Å². The first-order chi connectivity index (χ1) is 51.8. The molecule has 0 radical (unpaired) electrons. The summed E-state index contributed by atoms with van der Waals surface area (Å²) in [7, 11) is -7.30. The van der Waals surface area contributed by atoms with E-state index in [4.69, 9.17) is 41.7 Å². The molecule has 0 saturated carbocycles. The van der Waals surface area contributed by atoms with Gasteiger partial charge in [-0.2, -0.15) is 12.9 Å². The van der Waals surface area contributed by atoms with Crippen molar-refractivity contribution in [2.75, 3.05) is 91.8 Å². The van der Waals surface area contributed by atoms with Crippen molar-refractivity contribution in [2.24, 2.45) is 5.73 Å². The number of carbonyl (C=O) groups excluding carboxylic acids is 2. The Morgan fingerprint density at radius 2 is 0.773 bits per heavy atom. The van der Waals surface area contributed by atoms with Crippen LogP contribution in [-0.2, 0) is 73.8 Å². The van der Waals surface area contributed by atoms with Gasteiger partial charge in [-0.3, -0.25) is 19.8 Å². The molecule has 0 aromatic heterocycles. The Bertz CT molecular complexity index is 4760. The lowest BCUT2D eigenvalue weighted by Crippen LogP contribution is -2.54. The van der Waals surface area contributed by atoms with Crippen LogP contribution in [0.1, 0.15) is 70.8 Å². The fourth-order valence-corrected chi connectivity index (χ4v) is 17.0. The molecular formula is C79H90Cl3N7O16S5. The summed E-state index contributed by atoms with van der Waals surface area (Å²) in [6, 6.07) is 51.7. The number of likely N-dealkylation sites (tertiary alicyclic amines) is 1. The molecule has 0 amide bonds. The third kappa shape index (κ3) is 33.8. The van der Waals surface area contributed by atoms with E-state index in [0.717, 1.165) is 52.1 Å². The van der Waals surface area contributed by atoms with Crippen LogP contribution in [0.5, 0.6) is 0 Å². The third-order valence-electron chi connectivity index (χ3n) is 16.1. The van der Waals surface area contributed by atoms with Crippen molar-refractivity contribution in [1.82, 2.24) is 28.4 Å². The number of sulfonamides is 3. The number of rotatable bonds is 11. The molecule has 0 unspecified atom stereocenters. The first-order valence-corrected chi connectivity index (χ1v) is 43.1. The van der Waals surface area contributed by atoms with E-state index in [2.05, 4.69) is 123 Å². The number of nitrogens with one attached hydrogen (secondary N) is 2. The highest BCUT2D eigenvalue weighted by molar-refractivity contribution is 8.14. The smallest absolute Gasteiger partial charge is 0.261 e. The molecular weight excluding hydrogens is 1570 g/mol. The van der Waals surface area contributed by atoms with Gasteiger partial charge in [0.2, 0.25) is 30.1 Å². The number of nitrogens with two attached hydrogens (primary N) is 1. The van der Waals surface area contributed by atoms with Crippen LogP contribution >= 0.6 is 33.8 Å². The van der Waals surface area contributed by atoms with E-state index >= 15 is 0 Å². The van der Waals surface area contributed by atoms with Crippen molar-refractivity contribution in [2.45, 2.75) is 108 Å². The molecule has 6 aromatic rings. The number of benzene rings is 6. The second kappa shape index (κ2) is 50.6. The molecule has 6 aliphatic heterocycles. The van der Waals surface area contributed by atoms with Crippen LogP contribution in [-0.4, -0.2) is 185 Å². The molecule has 6 heterocycles. The van der Waals surface area contributed by atoms with Crippen LogP contribution in [0.15, 0.2) is 206 Å². The molecule has 110 heavy (non-hydrogen) atoms. The molecule has 588 valence electrons. The number of piperidine rings is 4. The van der Waals surface area contributed by atoms with Crippen LogP contribution in [0, 0.1) is 82.9 Å². The molecule has 31 heteroatoms. The van der Waals surface area contributed by atoms with Crippen molar-refractivity contribution < 1.29 is 71.7 Å². The van der Waals surface area contributed by atoms with Gasteiger partial charge in [-0.15, -0.1) is 12.4 Å². The molecule has 6 fully saturated rings. The topological polar surface area (TPSA) is 338 Å². The van der Waals surface area contributed by atoms with E-state index in [0.29, 0.717) is 111 Å². The molecule has 2 spiro atoms. The summed E-state index contributed by atoms with van der Waals surface area (Å²) in [5.74, 6) is 36.1. The van der Waals surface area contributed by atoms with Crippen molar-refractivity contribution in [3.8, 4) is 82.9 Å². The number of Topliss-reactive ketones (excluding diaryl/α,β-unsaturated/α-hetero) is 2. The minimum atomic E-state index is -3.53. The lowest BCUT2D eigenvalue weighted by atomic mass is 10.00. The molecule has 12 rings (SSSR count). The van der Waals surface area contributed by atoms with E-state index in [1.54, 1.807) is 138 Å². The summed E-state index contributed by atoms with van der Waals surface area (Å²) in [4.78, 5) is 25.1. The zero-order valence-electron chi connectivity index (χ0n) is 60.8. The van der Waals surface area contributed by atoms with Gasteiger partial charge in [-0.05, 0) is 151 Å². The summed E-state index contributed by atoms with van der Waals surface area (Å²) in [5, 5.41) is 14.2. The maximum atomic E-state index is 13.1. The average molecular weight is 1660 g/mol. The predicted octanol–water partition coefficient (Wildman–Crippen LogP) is 7.28. The Hall–Kier alpha value is -8.24. The van der Waals surface area contributed by atoms with Gasteiger partial charge in [0.25, 0.3) is 18.1 Å². The number of aliphatic hydroxyl groups is 1. The lowest BCUT2D eigenvalue weighted by Gasteiger charge is -2.42. The molecule has 23 nitrogen and oxygen atoms in total. The Kier molecular flexibility index (Phi) is 44.2. The highest BCUT2D eigenvalue weighted by Crippen LogP contribution is 2.39. The predicted molar refractivity (Wildman–Crippen MR) is 429 cm³/mol. The summed E-state index contributed by atoms with van der Waals surface area (Å²) >= 11 is 0. The van der Waals surface area contributed by atoms with Crippen molar-refractivity contribution in [1.29, 1.82) is 0 Å². The standard InChI is InChI=1S/C20H24N2O3S.C16H6.C13H18N2O3S.C11H13NO3S.2C6H5ClO2S.C5H9NO.C2H7NO.ClH.H2O/c23-26(24,19-9-5-2-6-10-19)22-15-16-25-20(22)11-13-21(14-12-20)17-18-7-3-1-4-8-18;1-3-5-7-9-11-13-15-16-14-12-10-8-6-4-2;16-19(17,12-4-2-1-3-5-12)15-9-6-13(7-10-15)14-8-11-18-13;13-10-6-8-12(9-7-10)16(14,15)11-4-2-1-3-5-11;2*7-10(8,9)6-4-2-1-3-5-6;7-5-1-3-6-4-2-5;3-1-2-4;;/h1-10H,11-17H2;1-2H3;1-5,14H,6-11H2;1-5H,6-9H2;2*1-5H;6H,1-4H2;4H,1-3H2;1H;1H2. The van der Waals surface area contributed by atoms with Crippen molar-refractivity contribution in [3.05, 3.63) is 188 Å². The second-order valence-corrected chi connectivity index (χ2v) is 34.4. The Morgan fingerprint density at radius 3 is 1.09 bits per heavy atom. The summed E-state index contributed by atoms with van der Waals surface area (Å²) in [6.07, 6.45) is 4.94. The Morgan fingerprint density at radius 1 is 0.436 bits per heavy atom. The second-order valence-electron chi connectivity index (χ2n) is 23.5. The first kappa shape index (κ1) is 96.0. The number of nitrogens with zero attached hydrogens (tertiary/aromatic N) is 4. The minimum Gasteiger partial charge on any atom is -0.412 e. The average Bonchev–Trinajstić information content (AvgIpc) is 1.55. The molecule has 0 aliphatic carbocycles. The monoisotopic (exact) mass is 1660 g/mol. The van der Waals surface area contributed by atoms with E-state index in [1.807, 2.05) is 18.2 Å². The quantitative estimate of drug-likeness (QED) is 0.0731. The van der Waals surface area contributed by atoms with Crippen LogP contribution in [0.2, 0.25) is 0 Å². The van der Waals surface area contributed by atoms with Gasteiger partial charge in [0, 0.05) is 151 Å². The zero-order chi connectivity index (χ0) is 78.6. The number of aliphatic hydroxyl groups excluding tert-OH is 1. The highest BCUT2D eigenvalue weighted by atomic mass is 35.7. The molecule has 6 aliphatic rings. The molecule has 0 atom stereocenters. The van der Waals surface area contributed by atoms with Gasteiger partial charge in [0.15, 0.2) is 0 Å². The summed E-state index contributed by atoms with van der Waals surface area (Å²) in [5.41, 5.74) is 5.08. The number of hydrogen-bond donors (Lipinski definition) is 4. The number of ether oxygens (including phenoxy) is 2. The Labute approximate surface area is 664 Å². The number of hydrogen-bond acceptors (Lipinski definition) is 19. The van der Waals surface area contributed by atoms with E-state index in [-0.39, 0.29) is 45.8 Å². The van der Waals surface area contributed by atoms with Crippen molar-refractivity contribution in [3.63, 3.8) is 0 Å². The van der Waals surface area contributed by atoms with Gasteiger partial charge in [-0.1, -0.05) is 133 Å². The van der Waals surface area contributed by atoms with Crippen LogP contribution in [0.4, 0.5) is 0 Å². The lowest BCUT2D eigenvalue weighted by molar-refractivity contribution is -0.121. The Balaban J connectivity index is 0.000000340. The number of ketones is 2. The summed E-state index contributed by atoms with van der Waals surface area (Å²) in [6.45, 7) is 12.3. The van der Waals surface area contributed by atoms with Crippen LogP contribution in [0.3, 0.4) is 0 Å². The summed E-state index contributed by atoms with van der Waals surface area (Å²) < 4.78 is 134. The highest BCUT2D eigenvalue weighted by Gasteiger charge is 2.50. The maximum absolute atomic E-state index is 13.1. The van der Waals surface area contributed by atoms with E-state index in [9.17, 15) is 51.7 Å². The van der Waals surface area contributed by atoms with E-state index < -0.39 is 53.9 Å². The van der Waals surface area contributed by atoms with Crippen LogP contribution in [0.25, 0.3) is 0 Å². The molecule has 6 aromatic carbocycles. The van der Waals surface area contributed by atoms with Crippen LogP contribution < -0.4 is 16.4 Å². The largest absolute Gasteiger partial charge is 0.412 e. The fourth-order valence-electron chi connectivity index (χ4n) is 10.7. The minimum absolute atomic E-state index is 0. The van der Waals surface area contributed by atoms with Gasteiger partial charge in [0.1, 0.15) is 23.0 Å². The molecule has 6 saturated heterocycles. The van der Waals surface area contributed by atoms with Gasteiger partial charge in [-0.25, -0.2) is 42.1 Å². The van der Waals surface area contributed by atoms with Gasteiger partial charge >= 0.3 is 0 Å². The van der Waals surface area contributed by atoms with E-state index in [1.165, 1.54) is 34.1 Å². The maximum Gasteiger partial charge on any atom is 0.261 e. The third-order valence-corrected chi connectivity index (χ3v) is 24.6.